The Morgan fingerprint density at radius 2 is 2.55 bits per heavy atom. The predicted octanol–water partition coefficient (Wildman–Crippen LogP) is 1.35. The second-order valence-electron chi connectivity index (χ2n) is 2.32. The van der Waals surface area contributed by atoms with Crippen molar-refractivity contribution in [3.8, 4) is 6.07 Å². The smallest absolute Gasteiger partial charge is 0.135 e. The Bertz CT molecular complexity index is 314. The lowest BCUT2D eigenvalue weighted by Crippen LogP contribution is -1.93. The van der Waals surface area contributed by atoms with Gasteiger partial charge in [0.05, 0.1) is 6.07 Å². The van der Waals surface area contributed by atoms with Gasteiger partial charge in [0.15, 0.2) is 0 Å². The van der Waals surface area contributed by atoms with Gasteiger partial charge in [0.2, 0.25) is 0 Å². The van der Waals surface area contributed by atoms with Gasteiger partial charge in [-0.2, -0.15) is 5.26 Å². The van der Waals surface area contributed by atoms with Crippen LogP contribution in [-0.4, -0.2) is 9.55 Å². The summed E-state index contributed by atoms with van der Waals surface area (Å²) in [5, 5.41) is 8.36. The van der Waals surface area contributed by atoms with Gasteiger partial charge >= 0.3 is 0 Å². The van der Waals surface area contributed by atoms with E-state index in [-0.39, 0.29) is 0 Å². The summed E-state index contributed by atoms with van der Waals surface area (Å²) in [5.74, 6) is 0.839. The molecule has 0 unspecified atom stereocenters. The van der Waals surface area contributed by atoms with E-state index in [2.05, 4.69) is 4.98 Å². The molecule has 0 N–H and O–H groups in total. The standard InChI is InChI=1S/C8H9N3/c1-7(3-4-9)8-10-5-6-11(8)2/h3,5-6H,1-2H3/b7-3-. The van der Waals surface area contributed by atoms with E-state index in [1.54, 1.807) is 6.20 Å². The molecule has 0 bridgehead atoms. The van der Waals surface area contributed by atoms with Crippen LogP contribution in [0.5, 0.6) is 0 Å². The summed E-state index contributed by atoms with van der Waals surface area (Å²) in [6.45, 7) is 1.87. The first-order valence-corrected chi connectivity index (χ1v) is 3.30. The van der Waals surface area contributed by atoms with E-state index in [0.717, 1.165) is 11.4 Å². The highest BCUT2D eigenvalue weighted by atomic mass is 15.0. The Labute approximate surface area is 65.6 Å². The maximum Gasteiger partial charge on any atom is 0.135 e. The van der Waals surface area contributed by atoms with Gasteiger partial charge in [-0.25, -0.2) is 4.98 Å². The van der Waals surface area contributed by atoms with Crippen LogP contribution in [0, 0.1) is 11.3 Å². The number of rotatable bonds is 1. The molecule has 0 aliphatic carbocycles. The van der Waals surface area contributed by atoms with E-state index in [1.165, 1.54) is 6.08 Å². The van der Waals surface area contributed by atoms with Gasteiger partial charge in [-0.05, 0) is 6.92 Å². The molecule has 0 fully saturated rings. The topological polar surface area (TPSA) is 41.6 Å². The lowest BCUT2D eigenvalue weighted by Gasteiger charge is -1.97. The van der Waals surface area contributed by atoms with Crippen LogP contribution >= 0.6 is 0 Å². The zero-order valence-electron chi connectivity index (χ0n) is 6.57. The van der Waals surface area contributed by atoms with Crippen LogP contribution in [0.2, 0.25) is 0 Å². The molecule has 11 heavy (non-hydrogen) atoms. The zero-order valence-corrected chi connectivity index (χ0v) is 6.57. The third-order valence-electron chi connectivity index (χ3n) is 1.45. The molecule has 1 rings (SSSR count). The Morgan fingerprint density at radius 1 is 1.82 bits per heavy atom. The highest BCUT2D eigenvalue weighted by molar-refractivity contribution is 5.60. The normalized spacial score (nSPS) is 11.2. The van der Waals surface area contributed by atoms with Crippen molar-refractivity contribution < 1.29 is 0 Å². The molecule has 0 aliphatic rings. The van der Waals surface area contributed by atoms with Crippen LogP contribution < -0.4 is 0 Å². The van der Waals surface area contributed by atoms with E-state index in [9.17, 15) is 0 Å². The van der Waals surface area contributed by atoms with Crippen LogP contribution in [0.25, 0.3) is 5.57 Å². The average Bonchev–Trinajstić information content (AvgIpc) is 2.36. The number of allylic oxidation sites excluding steroid dienone is 2. The van der Waals surface area contributed by atoms with Gasteiger partial charge in [-0.15, -0.1) is 0 Å². The van der Waals surface area contributed by atoms with Crippen LogP contribution in [0.15, 0.2) is 18.5 Å². The van der Waals surface area contributed by atoms with Crippen molar-refractivity contribution in [1.82, 2.24) is 9.55 Å². The number of hydrogen-bond acceptors (Lipinski definition) is 2. The molecule has 0 atom stereocenters. The third-order valence-corrected chi connectivity index (χ3v) is 1.45. The van der Waals surface area contributed by atoms with Crippen LogP contribution in [0.4, 0.5) is 0 Å². The Morgan fingerprint density at radius 3 is 3.00 bits per heavy atom. The first-order chi connectivity index (χ1) is 5.25. The zero-order chi connectivity index (χ0) is 8.27. The highest BCUT2D eigenvalue weighted by Crippen LogP contribution is 2.08. The minimum absolute atomic E-state index is 0.839. The minimum atomic E-state index is 0.839. The summed E-state index contributed by atoms with van der Waals surface area (Å²) in [6, 6.07) is 1.97. The SMILES string of the molecule is C/C(=C/C#N)c1nccn1C. The molecular weight excluding hydrogens is 138 g/mol. The number of nitrogens with zero attached hydrogens (tertiary/aromatic N) is 3. The van der Waals surface area contributed by atoms with Crippen molar-refractivity contribution in [2.45, 2.75) is 6.92 Å². The molecule has 0 aromatic carbocycles. The summed E-state index contributed by atoms with van der Waals surface area (Å²) in [7, 11) is 1.90. The minimum Gasteiger partial charge on any atom is -0.334 e. The first kappa shape index (κ1) is 7.55. The number of nitriles is 1. The van der Waals surface area contributed by atoms with Crippen molar-refractivity contribution >= 4 is 5.57 Å². The lowest BCUT2D eigenvalue weighted by molar-refractivity contribution is 0.889. The molecule has 3 nitrogen and oxygen atoms in total. The third kappa shape index (κ3) is 1.47. The van der Waals surface area contributed by atoms with Crippen LogP contribution in [0.1, 0.15) is 12.7 Å². The van der Waals surface area contributed by atoms with Crippen LogP contribution in [-0.2, 0) is 7.05 Å². The van der Waals surface area contributed by atoms with Crippen LogP contribution in [0.3, 0.4) is 0 Å². The molecule has 1 heterocycles. The van der Waals surface area contributed by atoms with Crippen molar-refractivity contribution in [3.05, 3.63) is 24.3 Å². The van der Waals surface area contributed by atoms with Gasteiger partial charge in [0.25, 0.3) is 0 Å². The average molecular weight is 147 g/mol. The van der Waals surface area contributed by atoms with Gasteiger partial charge < -0.3 is 4.57 Å². The number of hydrogen-bond donors (Lipinski definition) is 0. The summed E-state index contributed by atoms with van der Waals surface area (Å²) in [6.07, 6.45) is 5.05. The van der Waals surface area contributed by atoms with Gasteiger partial charge in [-0.1, -0.05) is 0 Å². The van der Waals surface area contributed by atoms with E-state index in [1.807, 2.05) is 30.8 Å². The lowest BCUT2D eigenvalue weighted by atomic mass is 10.3. The fourth-order valence-corrected chi connectivity index (χ4v) is 0.907. The number of aryl methyl sites for hydroxylation is 1. The number of imidazole rings is 1. The molecule has 0 saturated heterocycles. The van der Waals surface area contributed by atoms with Crippen molar-refractivity contribution in [2.75, 3.05) is 0 Å². The maximum atomic E-state index is 8.36. The summed E-state index contributed by atoms with van der Waals surface area (Å²) < 4.78 is 1.88. The van der Waals surface area contributed by atoms with E-state index >= 15 is 0 Å². The van der Waals surface area contributed by atoms with Gasteiger partial charge in [0.1, 0.15) is 5.82 Å². The van der Waals surface area contributed by atoms with E-state index in [4.69, 9.17) is 5.26 Å². The van der Waals surface area contributed by atoms with E-state index in [0.29, 0.717) is 0 Å². The largest absolute Gasteiger partial charge is 0.334 e. The quantitative estimate of drug-likeness (QED) is 0.562. The molecule has 1 aromatic rings. The van der Waals surface area contributed by atoms with Crippen molar-refractivity contribution in [1.29, 1.82) is 5.26 Å². The molecule has 0 amide bonds. The maximum absolute atomic E-state index is 8.36. The molecule has 0 radical (unpaired) electrons. The summed E-state index contributed by atoms with van der Waals surface area (Å²) >= 11 is 0. The Balaban J connectivity index is 3.04. The monoisotopic (exact) mass is 147 g/mol. The first-order valence-electron chi connectivity index (χ1n) is 3.30. The van der Waals surface area contributed by atoms with E-state index < -0.39 is 0 Å². The molecule has 3 heteroatoms. The molecular formula is C8H9N3. The van der Waals surface area contributed by atoms with Crippen molar-refractivity contribution in [2.24, 2.45) is 7.05 Å². The highest BCUT2D eigenvalue weighted by Gasteiger charge is 1.99. The second-order valence-corrected chi connectivity index (χ2v) is 2.32. The molecule has 1 aromatic heterocycles. The summed E-state index contributed by atoms with van der Waals surface area (Å²) in [5.41, 5.74) is 0.889. The molecule has 0 saturated carbocycles. The van der Waals surface area contributed by atoms with Gasteiger partial charge in [0, 0.05) is 31.1 Å². The number of aromatic nitrogens is 2. The molecule has 0 aliphatic heterocycles. The Kier molecular flexibility index (Phi) is 2.07. The Hall–Kier alpha value is -1.56. The fourth-order valence-electron chi connectivity index (χ4n) is 0.907. The molecule has 56 valence electrons. The molecule has 0 spiro atoms. The predicted molar refractivity (Wildman–Crippen MR) is 42.5 cm³/mol. The van der Waals surface area contributed by atoms with Crippen molar-refractivity contribution in [3.63, 3.8) is 0 Å². The van der Waals surface area contributed by atoms with Gasteiger partial charge in [-0.3, -0.25) is 0 Å². The second kappa shape index (κ2) is 3.02. The summed E-state index contributed by atoms with van der Waals surface area (Å²) in [4.78, 5) is 4.08. The fraction of sp³-hybridized carbons (Fsp3) is 0.250.